The Balaban J connectivity index is 1.27. The fraction of sp³-hybridized carbons (Fsp3) is 0.704. The summed E-state index contributed by atoms with van der Waals surface area (Å²) in [5.41, 5.74) is 0.992. The average Bonchev–Trinajstić information content (AvgIpc) is 3.26. The highest BCUT2D eigenvalue weighted by atomic mass is 16.5. The number of carbonyl (C=O) groups excluding carboxylic acids is 2. The Labute approximate surface area is 205 Å². The first-order valence-electron chi connectivity index (χ1n) is 12.8. The lowest BCUT2D eigenvalue weighted by atomic mass is 9.88. The number of ketones is 1. The Kier molecular flexibility index (Phi) is 9.92. The van der Waals surface area contributed by atoms with E-state index in [1.165, 1.54) is 5.56 Å². The van der Waals surface area contributed by atoms with Gasteiger partial charge in [-0.15, -0.1) is 0 Å². The minimum Gasteiger partial charge on any atom is -0.497 e. The molecule has 2 unspecified atom stereocenters. The number of rotatable bonds is 11. The molecular weight excluding hydrogens is 430 g/mol. The van der Waals surface area contributed by atoms with Gasteiger partial charge >= 0.3 is 0 Å². The molecule has 2 aliphatic rings. The first-order chi connectivity index (χ1) is 16.2. The fourth-order valence-corrected chi connectivity index (χ4v) is 4.57. The maximum atomic E-state index is 12.1. The van der Waals surface area contributed by atoms with Crippen molar-refractivity contribution in [2.24, 2.45) is 5.41 Å². The van der Waals surface area contributed by atoms with Crippen LogP contribution in [0.4, 0.5) is 0 Å². The first kappa shape index (κ1) is 26.6. The van der Waals surface area contributed by atoms with E-state index in [9.17, 15) is 9.59 Å². The molecule has 0 radical (unpaired) electrons. The summed E-state index contributed by atoms with van der Waals surface area (Å²) in [5.74, 6) is 1.13. The van der Waals surface area contributed by atoms with Crippen LogP contribution >= 0.6 is 0 Å². The molecule has 2 fully saturated rings. The van der Waals surface area contributed by atoms with Crippen molar-refractivity contribution in [1.82, 2.24) is 15.1 Å². The number of nitrogens with one attached hydrogen (secondary N) is 1. The van der Waals surface area contributed by atoms with E-state index in [0.717, 1.165) is 57.9 Å². The Morgan fingerprint density at radius 2 is 1.65 bits per heavy atom. The van der Waals surface area contributed by atoms with Crippen LogP contribution in [0.3, 0.4) is 0 Å². The minimum atomic E-state index is -0.327. The number of amides is 1. The van der Waals surface area contributed by atoms with Gasteiger partial charge in [-0.1, -0.05) is 32.9 Å². The fourth-order valence-electron chi connectivity index (χ4n) is 4.57. The van der Waals surface area contributed by atoms with Crippen molar-refractivity contribution in [2.75, 3.05) is 46.4 Å². The first-order valence-corrected chi connectivity index (χ1v) is 12.8. The van der Waals surface area contributed by atoms with Gasteiger partial charge in [-0.25, -0.2) is 0 Å². The van der Waals surface area contributed by atoms with Crippen LogP contribution in [0.5, 0.6) is 5.75 Å². The van der Waals surface area contributed by atoms with Gasteiger partial charge in [0.2, 0.25) is 5.91 Å². The molecule has 0 spiro atoms. The largest absolute Gasteiger partial charge is 0.497 e. The molecule has 1 aromatic rings. The highest BCUT2D eigenvalue weighted by Crippen LogP contribution is 2.22. The molecule has 7 heteroatoms. The van der Waals surface area contributed by atoms with Gasteiger partial charge in [0.05, 0.1) is 19.3 Å². The monoisotopic (exact) mass is 473 g/mol. The van der Waals surface area contributed by atoms with E-state index in [1.54, 1.807) is 7.11 Å². The van der Waals surface area contributed by atoms with Gasteiger partial charge in [0.15, 0.2) is 0 Å². The minimum absolute atomic E-state index is 0.0155. The second-order valence-electron chi connectivity index (χ2n) is 10.7. The molecule has 3 rings (SSSR count). The van der Waals surface area contributed by atoms with Crippen LogP contribution in [0.15, 0.2) is 24.3 Å². The second-order valence-corrected chi connectivity index (χ2v) is 10.7. The molecule has 34 heavy (non-hydrogen) atoms. The number of nitrogens with zero attached hydrogens (tertiary/aromatic N) is 2. The van der Waals surface area contributed by atoms with E-state index < -0.39 is 0 Å². The number of methoxy groups -OCH3 is 1. The molecule has 2 heterocycles. The van der Waals surface area contributed by atoms with E-state index in [4.69, 9.17) is 9.47 Å². The molecular formula is C27H43N3O4. The smallest absolute Gasteiger partial charge is 0.220 e. The molecule has 2 aliphatic heterocycles. The Hall–Kier alpha value is -1.96. The van der Waals surface area contributed by atoms with Crippen LogP contribution in [0, 0.1) is 5.41 Å². The van der Waals surface area contributed by atoms with Gasteiger partial charge in [-0.2, -0.15) is 0 Å². The molecule has 0 saturated carbocycles. The van der Waals surface area contributed by atoms with Crippen molar-refractivity contribution >= 4 is 11.7 Å². The number of benzene rings is 1. The van der Waals surface area contributed by atoms with E-state index in [1.807, 2.05) is 32.9 Å². The van der Waals surface area contributed by atoms with Crippen molar-refractivity contribution < 1.29 is 19.1 Å². The van der Waals surface area contributed by atoms with Gasteiger partial charge in [-0.3, -0.25) is 19.4 Å². The zero-order valence-corrected chi connectivity index (χ0v) is 21.5. The quantitative estimate of drug-likeness (QED) is 0.532. The van der Waals surface area contributed by atoms with E-state index in [2.05, 4.69) is 27.2 Å². The summed E-state index contributed by atoms with van der Waals surface area (Å²) in [6.07, 6.45) is 3.87. The highest BCUT2D eigenvalue weighted by Gasteiger charge is 2.28. The number of hydrogen-bond donors (Lipinski definition) is 1. The number of ether oxygens (including phenoxy) is 2. The molecule has 0 aromatic heterocycles. The van der Waals surface area contributed by atoms with Gasteiger partial charge in [0.1, 0.15) is 11.5 Å². The topological polar surface area (TPSA) is 71.1 Å². The number of Topliss-reactive ketones (excluding diaryl/α,β-unsaturated/α-hetero) is 1. The lowest BCUT2D eigenvalue weighted by Gasteiger charge is -2.35. The zero-order chi connectivity index (χ0) is 24.6. The Bertz CT molecular complexity index is 782. The molecule has 0 bridgehead atoms. The molecule has 190 valence electrons. The van der Waals surface area contributed by atoms with Gasteiger partial charge in [0.25, 0.3) is 0 Å². The predicted molar refractivity (Wildman–Crippen MR) is 134 cm³/mol. The average molecular weight is 474 g/mol. The van der Waals surface area contributed by atoms with Crippen molar-refractivity contribution in [2.45, 2.75) is 71.6 Å². The summed E-state index contributed by atoms with van der Waals surface area (Å²) in [6, 6.07) is 8.33. The summed E-state index contributed by atoms with van der Waals surface area (Å²) < 4.78 is 11.5. The second kappa shape index (κ2) is 12.7. The maximum absolute atomic E-state index is 12.1. The van der Waals surface area contributed by atoms with Gasteiger partial charge < -0.3 is 14.8 Å². The standard InChI is InChI=1S/C27H43N3O4/c1-27(2,3)25(31)6-5-7-26(32)28-18-23-12-13-24(34-23)20-30-16-14-29(15-17-30)19-21-8-10-22(33-4)11-9-21/h8-11,23-24H,5-7,12-20H2,1-4H3,(H,28,32). The van der Waals surface area contributed by atoms with E-state index in [0.29, 0.717) is 25.8 Å². The normalized spacial score (nSPS) is 22.0. The van der Waals surface area contributed by atoms with Crippen molar-refractivity contribution in [3.05, 3.63) is 29.8 Å². The molecule has 2 saturated heterocycles. The molecule has 1 N–H and O–H groups in total. The Morgan fingerprint density at radius 3 is 2.29 bits per heavy atom. The number of piperazine rings is 1. The SMILES string of the molecule is COc1ccc(CN2CCN(CC3CCC(CNC(=O)CCCC(=O)C(C)(C)C)O3)CC2)cc1. The lowest BCUT2D eigenvalue weighted by Crippen LogP contribution is -2.48. The maximum Gasteiger partial charge on any atom is 0.220 e. The molecule has 0 aliphatic carbocycles. The predicted octanol–water partition coefficient (Wildman–Crippen LogP) is 3.26. The van der Waals surface area contributed by atoms with Crippen LogP contribution in [0.2, 0.25) is 0 Å². The summed E-state index contributed by atoms with van der Waals surface area (Å²) >= 11 is 0. The third-order valence-electron chi connectivity index (χ3n) is 6.86. The van der Waals surface area contributed by atoms with Crippen molar-refractivity contribution in [3.8, 4) is 5.75 Å². The molecule has 7 nitrogen and oxygen atoms in total. The van der Waals surface area contributed by atoms with E-state index in [-0.39, 0.29) is 29.3 Å². The van der Waals surface area contributed by atoms with Gasteiger partial charge in [-0.05, 0) is 37.0 Å². The van der Waals surface area contributed by atoms with E-state index >= 15 is 0 Å². The summed E-state index contributed by atoms with van der Waals surface area (Å²) in [7, 11) is 1.70. The summed E-state index contributed by atoms with van der Waals surface area (Å²) in [4.78, 5) is 29.1. The van der Waals surface area contributed by atoms with Crippen LogP contribution in [-0.4, -0.2) is 80.1 Å². The lowest BCUT2D eigenvalue weighted by molar-refractivity contribution is -0.126. The third-order valence-corrected chi connectivity index (χ3v) is 6.86. The summed E-state index contributed by atoms with van der Waals surface area (Å²) in [6.45, 7) is 12.5. The third kappa shape index (κ3) is 8.67. The highest BCUT2D eigenvalue weighted by molar-refractivity contribution is 5.84. The van der Waals surface area contributed by atoms with Crippen LogP contribution in [0.1, 0.15) is 58.4 Å². The van der Waals surface area contributed by atoms with Crippen molar-refractivity contribution in [1.29, 1.82) is 0 Å². The number of carbonyl (C=O) groups is 2. The Morgan fingerprint density at radius 1 is 1.00 bits per heavy atom. The van der Waals surface area contributed by atoms with Crippen LogP contribution in [0.25, 0.3) is 0 Å². The van der Waals surface area contributed by atoms with Crippen LogP contribution in [-0.2, 0) is 20.9 Å². The van der Waals surface area contributed by atoms with Gasteiger partial charge in [0, 0.05) is 64.1 Å². The zero-order valence-electron chi connectivity index (χ0n) is 21.5. The number of hydrogen-bond acceptors (Lipinski definition) is 6. The summed E-state index contributed by atoms with van der Waals surface area (Å²) in [5, 5.41) is 2.99. The van der Waals surface area contributed by atoms with Crippen LogP contribution < -0.4 is 10.1 Å². The molecule has 1 amide bonds. The molecule has 2 atom stereocenters. The van der Waals surface area contributed by atoms with Crippen molar-refractivity contribution in [3.63, 3.8) is 0 Å². The molecule has 1 aromatic carbocycles.